The highest BCUT2D eigenvalue weighted by molar-refractivity contribution is 7.14. The van der Waals surface area contributed by atoms with Crippen molar-refractivity contribution in [3.05, 3.63) is 11.1 Å². The van der Waals surface area contributed by atoms with E-state index in [0.29, 0.717) is 18.2 Å². The third-order valence-electron chi connectivity index (χ3n) is 3.23. The topological polar surface area (TPSA) is 101 Å². The lowest BCUT2D eigenvalue weighted by Crippen LogP contribution is -2.47. The molecule has 0 radical (unpaired) electrons. The normalized spacial score (nSPS) is 25.4. The summed E-state index contributed by atoms with van der Waals surface area (Å²) >= 11 is 1.17. The summed E-state index contributed by atoms with van der Waals surface area (Å²) in [6.45, 7) is 3.74. The highest BCUT2D eigenvalue weighted by Gasteiger charge is 2.39. The van der Waals surface area contributed by atoms with Gasteiger partial charge >= 0.3 is 0 Å². The Morgan fingerprint density at radius 3 is 3.00 bits per heavy atom. The van der Waals surface area contributed by atoms with E-state index >= 15 is 0 Å². The zero-order chi connectivity index (χ0) is 14.8. The van der Waals surface area contributed by atoms with Crippen molar-refractivity contribution < 1.29 is 19.4 Å². The number of carbonyl (C=O) groups is 2. The SMILES string of the molecule is CC(=O)Nc1nc(C(=O)NCC2(O)CCOC2C)cs1. The molecule has 0 aliphatic carbocycles. The molecule has 8 heteroatoms. The van der Waals surface area contributed by atoms with Crippen LogP contribution < -0.4 is 10.6 Å². The number of rotatable bonds is 4. The van der Waals surface area contributed by atoms with Gasteiger partial charge in [0.05, 0.1) is 6.10 Å². The summed E-state index contributed by atoms with van der Waals surface area (Å²) in [5.41, 5.74) is -0.819. The van der Waals surface area contributed by atoms with Crippen LogP contribution in [-0.2, 0) is 9.53 Å². The maximum absolute atomic E-state index is 11.9. The van der Waals surface area contributed by atoms with Crippen molar-refractivity contribution in [3.8, 4) is 0 Å². The molecule has 1 aliphatic heterocycles. The average Bonchev–Trinajstić information content (AvgIpc) is 2.95. The Balaban J connectivity index is 1.92. The fourth-order valence-electron chi connectivity index (χ4n) is 1.91. The minimum Gasteiger partial charge on any atom is -0.385 e. The molecule has 2 unspecified atom stereocenters. The molecule has 2 amide bonds. The minimum absolute atomic E-state index is 0.111. The Morgan fingerprint density at radius 2 is 2.40 bits per heavy atom. The monoisotopic (exact) mass is 299 g/mol. The maximum atomic E-state index is 11.9. The number of amides is 2. The van der Waals surface area contributed by atoms with Crippen LogP contribution in [0.2, 0.25) is 0 Å². The lowest BCUT2D eigenvalue weighted by molar-refractivity contribution is -0.114. The molecule has 0 saturated carbocycles. The first-order chi connectivity index (χ1) is 9.40. The molecule has 0 aromatic carbocycles. The van der Waals surface area contributed by atoms with Crippen molar-refractivity contribution in [3.63, 3.8) is 0 Å². The molecule has 2 atom stereocenters. The minimum atomic E-state index is -1.04. The van der Waals surface area contributed by atoms with Gasteiger partial charge in [-0.2, -0.15) is 0 Å². The Labute approximate surface area is 120 Å². The second kappa shape index (κ2) is 5.86. The van der Waals surface area contributed by atoms with Crippen molar-refractivity contribution in [2.45, 2.75) is 32.0 Å². The third kappa shape index (κ3) is 3.33. The van der Waals surface area contributed by atoms with Gasteiger partial charge in [-0.25, -0.2) is 4.98 Å². The summed E-state index contributed by atoms with van der Waals surface area (Å²) in [7, 11) is 0. The predicted octanol–water partition coefficient (Wildman–Crippen LogP) is 0.371. The van der Waals surface area contributed by atoms with E-state index in [-0.39, 0.29) is 30.2 Å². The van der Waals surface area contributed by atoms with E-state index in [9.17, 15) is 14.7 Å². The zero-order valence-electron chi connectivity index (χ0n) is 11.3. The Hall–Kier alpha value is -1.51. The quantitative estimate of drug-likeness (QED) is 0.746. The number of anilines is 1. The molecule has 1 aliphatic rings. The number of aromatic nitrogens is 1. The summed E-state index contributed by atoms with van der Waals surface area (Å²) < 4.78 is 5.29. The van der Waals surface area contributed by atoms with Gasteiger partial charge in [-0.1, -0.05) is 0 Å². The van der Waals surface area contributed by atoms with Crippen LogP contribution in [0.25, 0.3) is 0 Å². The van der Waals surface area contributed by atoms with E-state index in [1.165, 1.54) is 18.3 Å². The second-order valence-electron chi connectivity index (χ2n) is 4.77. The van der Waals surface area contributed by atoms with Gasteiger partial charge < -0.3 is 20.5 Å². The molecule has 0 spiro atoms. The van der Waals surface area contributed by atoms with Gasteiger partial charge in [-0.05, 0) is 6.92 Å². The molecule has 7 nitrogen and oxygen atoms in total. The number of nitrogens with zero attached hydrogens (tertiary/aromatic N) is 1. The van der Waals surface area contributed by atoms with Crippen LogP contribution in [-0.4, -0.2) is 46.8 Å². The average molecular weight is 299 g/mol. The van der Waals surface area contributed by atoms with E-state index in [1.807, 2.05) is 0 Å². The van der Waals surface area contributed by atoms with Crippen LogP contribution >= 0.6 is 11.3 Å². The lowest BCUT2D eigenvalue weighted by atomic mass is 9.97. The van der Waals surface area contributed by atoms with E-state index in [4.69, 9.17) is 4.74 Å². The number of hydrogen-bond donors (Lipinski definition) is 3. The molecule has 1 aromatic rings. The lowest BCUT2D eigenvalue weighted by Gasteiger charge is -2.25. The van der Waals surface area contributed by atoms with Gasteiger partial charge in [-0.3, -0.25) is 9.59 Å². The first-order valence-corrected chi connectivity index (χ1v) is 7.14. The third-order valence-corrected chi connectivity index (χ3v) is 3.99. The smallest absolute Gasteiger partial charge is 0.270 e. The fraction of sp³-hybridized carbons (Fsp3) is 0.583. The number of thiazole rings is 1. The van der Waals surface area contributed by atoms with Crippen molar-refractivity contribution >= 4 is 28.3 Å². The zero-order valence-corrected chi connectivity index (χ0v) is 12.1. The van der Waals surface area contributed by atoms with Gasteiger partial charge in [0.15, 0.2) is 5.13 Å². The fourth-order valence-corrected chi connectivity index (χ4v) is 2.65. The predicted molar refractivity (Wildman–Crippen MR) is 73.7 cm³/mol. The standard InChI is InChI=1S/C12H17N3O4S/c1-7-12(18,3-4-19-7)6-13-10(17)9-5-20-11(15-9)14-8(2)16/h5,7,18H,3-4,6H2,1-2H3,(H,13,17)(H,14,15,16). The summed E-state index contributed by atoms with van der Waals surface area (Å²) in [5, 5.41) is 17.3. The number of aliphatic hydroxyl groups is 1. The Morgan fingerprint density at radius 1 is 1.65 bits per heavy atom. The van der Waals surface area contributed by atoms with Crippen LogP contribution in [0.15, 0.2) is 5.38 Å². The molecule has 110 valence electrons. The highest BCUT2D eigenvalue weighted by atomic mass is 32.1. The molecule has 1 fully saturated rings. The first-order valence-electron chi connectivity index (χ1n) is 6.26. The van der Waals surface area contributed by atoms with E-state index in [1.54, 1.807) is 12.3 Å². The number of carbonyl (C=O) groups excluding carboxylic acids is 2. The molecule has 3 N–H and O–H groups in total. The molecule has 20 heavy (non-hydrogen) atoms. The molecule has 1 saturated heterocycles. The second-order valence-corrected chi connectivity index (χ2v) is 5.63. The number of hydrogen-bond acceptors (Lipinski definition) is 6. The van der Waals surface area contributed by atoms with Crippen LogP contribution in [0, 0.1) is 0 Å². The van der Waals surface area contributed by atoms with Crippen LogP contribution in [0.4, 0.5) is 5.13 Å². The number of nitrogens with one attached hydrogen (secondary N) is 2. The van der Waals surface area contributed by atoms with Gasteiger partial charge in [0.25, 0.3) is 5.91 Å². The van der Waals surface area contributed by atoms with Gasteiger partial charge in [0.2, 0.25) is 5.91 Å². The van der Waals surface area contributed by atoms with E-state index in [0.717, 1.165) is 0 Å². The molecule has 2 rings (SSSR count). The molecular weight excluding hydrogens is 282 g/mol. The summed E-state index contributed by atoms with van der Waals surface area (Å²) in [5.74, 6) is -0.622. The van der Waals surface area contributed by atoms with E-state index < -0.39 is 5.60 Å². The molecule has 1 aromatic heterocycles. The number of ether oxygens (including phenoxy) is 1. The van der Waals surface area contributed by atoms with Gasteiger partial charge in [0, 0.05) is 31.9 Å². The Kier molecular flexibility index (Phi) is 4.36. The largest absolute Gasteiger partial charge is 0.385 e. The van der Waals surface area contributed by atoms with Gasteiger partial charge in [0.1, 0.15) is 11.3 Å². The van der Waals surface area contributed by atoms with Gasteiger partial charge in [-0.15, -0.1) is 11.3 Å². The van der Waals surface area contributed by atoms with Crippen LogP contribution in [0.3, 0.4) is 0 Å². The van der Waals surface area contributed by atoms with Crippen molar-refractivity contribution in [2.24, 2.45) is 0 Å². The van der Waals surface area contributed by atoms with Crippen LogP contribution in [0.1, 0.15) is 30.8 Å². The highest BCUT2D eigenvalue weighted by Crippen LogP contribution is 2.25. The summed E-state index contributed by atoms with van der Waals surface area (Å²) in [4.78, 5) is 26.8. The van der Waals surface area contributed by atoms with Crippen molar-refractivity contribution in [1.29, 1.82) is 0 Å². The summed E-state index contributed by atoms with van der Waals surface area (Å²) in [6.07, 6.45) is 0.177. The Bertz CT molecular complexity index is 519. The molecule has 2 heterocycles. The van der Waals surface area contributed by atoms with Crippen molar-refractivity contribution in [1.82, 2.24) is 10.3 Å². The molecular formula is C12H17N3O4S. The van der Waals surface area contributed by atoms with Crippen molar-refractivity contribution in [2.75, 3.05) is 18.5 Å². The first kappa shape index (κ1) is 14.9. The van der Waals surface area contributed by atoms with E-state index in [2.05, 4.69) is 15.6 Å². The maximum Gasteiger partial charge on any atom is 0.270 e. The van der Waals surface area contributed by atoms with Crippen LogP contribution in [0.5, 0.6) is 0 Å². The molecule has 0 bridgehead atoms. The summed E-state index contributed by atoms with van der Waals surface area (Å²) in [6, 6.07) is 0.